The first-order valence-electron chi connectivity index (χ1n) is 7.68. The molecule has 1 aromatic carbocycles. The highest BCUT2D eigenvalue weighted by Crippen LogP contribution is 2.21. The van der Waals surface area contributed by atoms with Crippen LogP contribution in [0.15, 0.2) is 24.3 Å². The van der Waals surface area contributed by atoms with Crippen molar-refractivity contribution in [2.45, 2.75) is 44.8 Å². The molecule has 6 heteroatoms. The van der Waals surface area contributed by atoms with Crippen LogP contribution >= 0.6 is 0 Å². The molecule has 1 heterocycles. The molecule has 1 aromatic rings. The van der Waals surface area contributed by atoms with Gasteiger partial charge < -0.3 is 21.1 Å². The highest BCUT2D eigenvalue weighted by atomic mass is 16.5. The topological polar surface area (TPSA) is 93.5 Å². The number of nitrogens with one attached hydrogen (secondary N) is 2. The van der Waals surface area contributed by atoms with Crippen LogP contribution in [0.2, 0.25) is 0 Å². The molecule has 0 unspecified atom stereocenters. The van der Waals surface area contributed by atoms with Gasteiger partial charge in [0.1, 0.15) is 6.10 Å². The van der Waals surface area contributed by atoms with Gasteiger partial charge in [0.25, 0.3) is 5.91 Å². The summed E-state index contributed by atoms with van der Waals surface area (Å²) in [6, 6.07) is 7.10. The molecule has 1 aliphatic rings. The fraction of sp³-hybridized carbons (Fsp3) is 0.500. The molecule has 2 rings (SSSR count). The van der Waals surface area contributed by atoms with Gasteiger partial charge >= 0.3 is 0 Å². The molecule has 0 bridgehead atoms. The maximum absolute atomic E-state index is 12.1. The van der Waals surface area contributed by atoms with Crippen molar-refractivity contribution in [1.29, 1.82) is 0 Å². The van der Waals surface area contributed by atoms with Gasteiger partial charge in [0.05, 0.1) is 6.10 Å². The number of carbonyl (C=O) groups excluding carboxylic acids is 2. The predicted molar refractivity (Wildman–Crippen MR) is 85.6 cm³/mol. The largest absolute Gasteiger partial charge is 0.364 e. The van der Waals surface area contributed by atoms with Crippen LogP contribution < -0.4 is 16.4 Å². The number of ether oxygens (including phenoxy) is 1. The minimum Gasteiger partial charge on any atom is -0.364 e. The summed E-state index contributed by atoms with van der Waals surface area (Å²) in [7, 11) is 0. The molecule has 6 nitrogen and oxygen atoms in total. The molecular weight excluding hydrogens is 282 g/mol. The van der Waals surface area contributed by atoms with Crippen LogP contribution in [0.25, 0.3) is 0 Å². The van der Waals surface area contributed by atoms with Gasteiger partial charge in [-0.1, -0.05) is 13.0 Å². The molecule has 22 heavy (non-hydrogen) atoms. The van der Waals surface area contributed by atoms with Gasteiger partial charge in [-0.05, 0) is 37.5 Å². The molecule has 1 aliphatic heterocycles. The maximum Gasteiger partial charge on any atom is 0.253 e. The Bertz CT molecular complexity index is 533. The zero-order valence-electron chi connectivity index (χ0n) is 12.8. The lowest BCUT2D eigenvalue weighted by Gasteiger charge is -2.13. The molecule has 0 aliphatic carbocycles. The van der Waals surface area contributed by atoms with Gasteiger partial charge in [-0.2, -0.15) is 0 Å². The Morgan fingerprint density at radius 2 is 2.00 bits per heavy atom. The second kappa shape index (κ2) is 7.91. The van der Waals surface area contributed by atoms with Crippen LogP contribution in [0.1, 0.15) is 32.6 Å². The number of anilines is 2. The van der Waals surface area contributed by atoms with Gasteiger partial charge in [0, 0.05) is 24.3 Å². The summed E-state index contributed by atoms with van der Waals surface area (Å²) in [5.74, 6) is -0.205. The van der Waals surface area contributed by atoms with E-state index in [9.17, 15) is 9.59 Å². The Balaban J connectivity index is 1.92. The van der Waals surface area contributed by atoms with Crippen molar-refractivity contribution in [2.75, 3.05) is 17.2 Å². The average Bonchev–Trinajstić information content (AvgIpc) is 2.97. The molecule has 1 fully saturated rings. The van der Waals surface area contributed by atoms with Gasteiger partial charge in [-0.3, -0.25) is 9.59 Å². The Kier molecular flexibility index (Phi) is 5.91. The summed E-state index contributed by atoms with van der Waals surface area (Å²) < 4.78 is 5.56. The molecular formula is C16H23N3O3. The summed E-state index contributed by atoms with van der Waals surface area (Å²) in [6.45, 7) is 2.38. The Labute approximate surface area is 130 Å². The van der Waals surface area contributed by atoms with Crippen LogP contribution in [0.4, 0.5) is 11.4 Å². The number of hydrogen-bond donors (Lipinski definition) is 3. The van der Waals surface area contributed by atoms with E-state index in [4.69, 9.17) is 10.5 Å². The molecule has 0 radical (unpaired) electrons. The van der Waals surface area contributed by atoms with Crippen LogP contribution in [0, 0.1) is 0 Å². The number of amides is 2. The van der Waals surface area contributed by atoms with Crippen LogP contribution in [0.5, 0.6) is 0 Å². The van der Waals surface area contributed by atoms with E-state index in [-0.39, 0.29) is 17.9 Å². The van der Waals surface area contributed by atoms with E-state index < -0.39 is 6.10 Å². The fourth-order valence-corrected chi connectivity index (χ4v) is 2.42. The standard InChI is InChI=1S/C16H23N3O3/c1-2-4-15(20)18-11-5-3-6-12(9-11)19-16(21)14-8-7-13(10-17)22-14/h3,5-6,9,13-14H,2,4,7-8,10,17H2,1H3,(H,18,20)(H,19,21)/t13-,14+/m1/s1. The molecule has 120 valence electrons. The first kappa shape index (κ1) is 16.5. The third kappa shape index (κ3) is 4.54. The Hall–Kier alpha value is -1.92. The Morgan fingerprint density at radius 3 is 2.64 bits per heavy atom. The molecule has 0 spiro atoms. The first-order chi connectivity index (χ1) is 10.6. The molecule has 1 saturated heterocycles. The van der Waals surface area contributed by atoms with E-state index in [2.05, 4.69) is 10.6 Å². The van der Waals surface area contributed by atoms with Gasteiger partial charge in [0.15, 0.2) is 0 Å². The zero-order chi connectivity index (χ0) is 15.9. The average molecular weight is 305 g/mol. The normalized spacial score (nSPS) is 20.6. The molecule has 0 aromatic heterocycles. The minimum atomic E-state index is -0.452. The van der Waals surface area contributed by atoms with Crippen LogP contribution in [-0.4, -0.2) is 30.6 Å². The van der Waals surface area contributed by atoms with Gasteiger partial charge in [-0.25, -0.2) is 0 Å². The van der Waals surface area contributed by atoms with Gasteiger partial charge in [0.2, 0.25) is 5.91 Å². The van der Waals surface area contributed by atoms with Crippen molar-refractivity contribution in [1.82, 2.24) is 0 Å². The number of hydrogen-bond acceptors (Lipinski definition) is 4. The Morgan fingerprint density at radius 1 is 1.27 bits per heavy atom. The van der Waals surface area contributed by atoms with Crippen molar-refractivity contribution < 1.29 is 14.3 Å². The minimum absolute atomic E-state index is 0.0316. The number of carbonyl (C=O) groups is 2. The highest BCUT2D eigenvalue weighted by Gasteiger charge is 2.29. The number of benzene rings is 1. The van der Waals surface area contributed by atoms with E-state index >= 15 is 0 Å². The summed E-state index contributed by atoms with van der Waals surface area (Å²) in [4.78, 5) is 23.7. The van der Waals surface area contributed by atoms with E-state index in [1.807, 2.05) is 6.92 Å². The third-order valence-electron chi connectivity index (χ3n) is 3.55. The number of nitrogens with two attached hydrogens (primary N) is 1. The number of rotatable bonds is 6. The highest BCUT2D eigenvalue weighted by molar-refractivity contribution is 5.96. The SMILES string of the molecule is CCCC(=O)Nc1cccc(NC(=O)[C@@H]2CC[C@H](CN)O2)c1. The van der Waals surface area contributed by atoms with Crippen molar-refractivity contribution in [3.63, 3.8) is 0 Å². The van der Waals surface area contributed by atoms with Crippen molar-refractivity contribution >= 4 is 23.2 Å². The molecule has 2 atom stereocenters. The summed E-state index contributed by atoms with van der Waals surface area (Å²) >= 11 is 0. The van der Waals surface area contributed by atoms with Gasteiger partial charge in [-0.15, -0.1) is 0 Å². The second-order valence-corrected chi connectivity index (χ2v) is 5.43. The van der Waals surface area contributed by atoms with E-state index in [0.717, 1.165) is 12.8 Å². The predicted octanol–water partition coefficient (Wildman–Crippen LogP) is 1.87. The van der Waals surface area contributed by atoms with E-state index in [1.54, 1.807) is 24.3 Å². The van der Waals surface area contributed by atoms with Crippen molar-refractivity contribution in [2.24, 2.45) is 5.73 Å². The monoisotopic (exact) mass is 305 g/mol. The quantitative estimate of drug-likeness (QED) is 0.748. The van der Waals surface area contributed by atoms with Crippen LogP contribution in [-0.2, 0) is 14.3 Å². The van der Waals surface area contributed by atoms with E-state index in [1.165, 1.54) is 0 Å². The third-order valence-corrected chi connectivity index (χ3v) is 3.55. The summed E-state index contributed by atoms with van der Waals surface area (Å²) in [5, 5.41) is 5.62. The lowest BCUT2D eigenvalue weighted by Crippen LogP contribution is -2.29. The maximum atomic E-state index is 12.1. The second-order valence-electron chi connectivity index (χ2n) is 5.43. The zero-order valence-corrected chi connectivity index (χ0v) is 12.8. The summed E-state index contributed by atoms with van der Waals surface area (Å²) in [6.07, 6.45) is 2.28. The van der Waals surface area contributed by atoms with Crippen molar-refractivity contribution in [3.05, 3.63) is 24.3 Å². The molecule has 4 N–H and O–H groups in total. The van der Waals surface area contributed by atoms with Crippen LogP contribution in [0.3, 0.4) is 0 Å². The summed E-state index contributed by atoms with van der Waals surface area (Å²) in [5.41, 5.74) is 6.85. The smallest absolute Gasteiger partial charge is 0.253 e. The van der Waals surface area contributed by atoms with Crippen molar-refractivity contribution in [3.8, 4) is 0 Å². The molecule has 2 amide bonds. The first-order valence-corrected chi connectivity index (χ1v) is 7.68. The lowest BCUT2D eigenvalue weighted by atomic mass is 10.2. The molecule has 0 saturated carbocycles. The van der Waals surface area contributed by atoms with E-state index in [0.29, 0.717) is 30.8 Å². The lowest BCUT2D eigenvalue weighted by molar-refractivity contribution is -0.126. The fourth-order valence-electron chi connectivity index (χ4n) is 2.42.